The van der Waals surface area contributed by atoms with E-state index < -0.39 is 0 Å². The molecule has 2 aliphatic heterocycles. The number of hydrogen-bond donors (Lipinski definition) is 1. The van der Waals surface area contributed by atoms with Crippen molar-refractivity contribution in [2.75, 3.05) is 23.8 Å². The summed E-state index contributed by atoms with van der Waals surface area (Å²) in [6, 6.07) is -0.616. The number of rotatable bonds is 5. The second-order valence-electron chi connectivity index (χ2n) is 6.17. The maximum absolute atomic E-state index is 12.7. The number of nitrogens with one attached hydrogen (secondary N) is 1. The van der Waals surface area contributed by atoms with Crippen molar-refractivity contribution < 1.29 is 9.59 Å². The van der Waals surface area contributed by atoms with Crippen molar-refractivity contribution in [3.8, 4) is 0 Å². The van der Waals surface area contributed by atoms with E-state index in [1.165, 1.54) is 5.75 Å². The van der Waals surface area contributed by atoms with E-state index in [0.29, 0.717) is 17.6 Å². The summed E-state index contributed by atoms with van der Waals surface area (Å²) >= 11 is 3.90. The predicted octanol–water partition coefficient (Wildman–Crippen LogP) is 1.99. The Morgan fingerprint density at radius 2 is 2.10 bits per heavy atom. The number of hydrogen-bond acceptors (Lipinski definition) is 4. The van der Waals surface area contributed by atoms with Crippen LogP contribution in [0.1, 0.15) is 33.6 Å². The molecule has 2 fully saturated rings. The molecule has 0 saturated carbocycles. The Morgan fingerprint density at radius 3 is 2.67 bits per heavy atom. The first-order valence-electron chi connectivity index (χ1n) is 7.83. The molecule has 120 valence electrons. The van der Waals surface area contributed by atoms with E-state index in [0.717, 1.165) is 24.5 Å². The van der Waals surface area contributed by atoms with Crippen LogP contribution in [0.5, 0.6) is 0 Å². The van der Waals surface area contributed by atoms with Gasteiger partial charge in [-0.25, -0.2) is 0 Å². The molecule has 3 atom stereocenters. The van der Waals surface area contributed by atoms with Crippen molar-refractivity contribution in [2.45, 2.75) is 50.9 Å². The van der Waals surface area contributed by atoms with Gasteiger partial charge in [0.1, 0.15) is 12.1 Å². The van der Waals surface area contributed by atoms with Gasteiger partial charge >= 0.3 is 0 Å². The molecule has 6 heteroatoms. The number of amides is 2. The molecule has 1 N–H and O–H groups in total. The Morgan fingerprint density at radius 1 is 1.33 bits per heavy atom. The molecule has 2 aliphatic rings. The van der Waals surface area contributed by atoms with E-state index in [1.54, 1.807) is 0 Å². The number of carbonyl (C=O) groups is 2. The highest BCUT2D eigenvalue weighted by Gasteiger charge is 2.40. The fourth-order valence-corrected chi connectivity index (χ4v) is 5.60. The van der Waals surface area contributed by atoms with Crippen LogP contribution in [0.2, 0.25) is 0 Å². The average Bonchev–Trinajstić information content (AvgIpc) is 2.45. The Hall–Kier alpha value is -0.360. The summed E-state index contributed by atoms with van der Waals surface area (Å²) in [5, 5.41) is 3.39. The molecule has 2 rings (SSSR count). The van der Waals surface area contributed by atoms with Gasteiger partial charge < -0.3 is 10.2 Å². The van der Waals surface area contributed by atoms with Gasteiger partial charge in [0.25, 0.3) is 0 Å². The summed E-state index contributed by atoms with van der Waals surface area (Å²) in [5.74, 6) is 3.97. The van der Waals surface area contributed by atoms with Crippen molar-refractivity contribution >= 4 is 35.3 Å². The normalized spacial score (nSPS) is 30.7. The van der Waals surface area contributed by atoms with Gasteiger partial charge in [-0.05, 0) is 18.8 Å². The van der Waals surface area contributed by atoms with E-state index in [1.807, 2.05) is 35.3 Å². The summed E-state index contributed by atoms with van der Waals surface area (Å²) in [6.45, 7) is 6.87. The SMILES string of the molecule is CCC1C(=O)NC(CC(C)C)C(=O)N1CC1CSCCS1. The van der Waals surface area contributed by atoms with Crippen LogP contribution in [0.25, 0.3) is 0 Å². The van der Waals surface area contributed by atoms with Gasteiger partial charge in [-0.3, -0.25) is 9.59 Å². The van der Waals surface area contributed by atoms with Crippen LogP contribution in [0, 0.1) is 5.92 Å². The Labute approximate surface area is 136 Å². The lowest BCUT2D eigenvalue weighted by molar-refractivity contribution is -0.149. The lowest BCUT2D eigenvalue weighted by Gasteiger charge is -2.41. The molecular formula is C15H26N2O2S2. The summed E-state index contributed by atoms with van der Waals surface area (Å²) in [6.07, 6.45) is 1.42. The lowest BCUT2D eigenvalue weighted by Crippen LogP contribution is -2.64. The minimum atomic E-state index is -0.332. The molecule has 0 aromatic carbocycles. The fraction of sp³-hybridized carbons (Fsp3) is 0.867. The molecule has 2 saturated heterocycles. The quantitative estimate of drug-likeness (QED) is 0.837. The third-order valence-electron chi connectivity index (χ3n) is 3.96. The Bertz CT molecular complexity index is 384. The van der Waals surface area contributed by atoms with Gasteiger partial charge in [0.05, 0.1) is 0 Å². The zero-order chi connectivity index (χ0) is 15.4. The monoisotopic (exact) mass is 330 g/mol. The maximum atomic E-state index is 12.7. The molecule has 2 heterocycles. The summed E-state index contributed by atoms with van der Waals surface area (Å²) in [7, 11) is 0. The molecule has 0 radical (unpaired) electrons. The molecule has 0 aromatic heterocycles. The molecule has 21 heavy (non-hydrogen) atoms. The molecule has 4 nitrogen and oxygen atoms in total. The van der Waals surface area contributed by atoms with Crippen molar-refractivity contribution in [1.82, 2.24) is 10.2 Å². The van der Waals surface area contributed by atoms with Gasteiger partial charge in [0.15, 0.2) is 0 Å². The number of nitrogens with zero attached hydrogens (tertiary/aromatic N) is 1. The average molecular weight is 331 g/mol. The molecule has 0 aromatic rings. The second-order valence-corrected chi connectivity index (χ2v) is 8.73. The minimum absolute atomic E-state index is 0.0243. The molecule has 0 spiro atoms. The standard InChI is InChI=1S/C15H26N2O2S2/c1-4-13-14(18)16-12(7-10(2)3)15(19)17(13)8-11-9-20-5-6-21-11/h10-13H,4-9H2,1-3H3,(H,16,18). The van der Waals surface area contributed by atoms with E-state index in [2.05, 4.69) is 19.2 Å². The highest BCUT2D eigenvalue weighted by Crippen LogP contribution is 2.27. The molecule has 2 amide bonds. The third kappa shape index (κ3) is 4.31. The van der Waals surface area contributed by atoms with E-state index in [9.17, 15) is 9.59 Å². The smallest absolute Gasteiger partial charge is 0.245 e. The van der Waals surface area contributed by atoms with Crippen LogP contribution in [0.15, 0.2) is 0 Å². The third-order valence-corrected chi connectivity index (χ3v) is 6.78. The van der Waals surface area contributed by atoms with Crippen LogP contribution >= 0.6 is 23.5 Å². The van der Waals surface area contributed by atoms with E-state index in [4.69, 9.17) is 0 Å². The molecular weight excluding hydrogens is 304 g/mol. The summed E-state index contributed by atoms with van der Waals surface area (Å²) in [5.41, 5.74) is 0. The maximum Gasteiger partial charge on any atom is 0.245 e. The van der Waals surface area contributed by atoms with Crippen LogP contribution in [-0.4, -0.2) is 57.9 Å². The van der Waals surface area contributed by atoms with Gasteiger partial charge in [0, 0.05) is 29.1 Å². The minimum Gasteiger partial charge on any atom is -0.342 e. The first-order chi connectivity index (χ1) is 10.0. The van der Waals surface area contributed by atoms with Crippen molar-refractivity contribution in [2.24, 2.45) is 5.92 Å². The van der Waals surface area contributed by atoms with Crippen molar-refractivity contribution in [3.63, 3.8) is 0 Å². The zero-order valence-corrected chi connectivity index (χ0v) is 14.8. The van der Waals surface area contributed by atoms with Crippen molar-refractivity contribution in [1.29, 1.82) is 0 Å². The van der Waals surface area contributed by atoms with E-state index >= 15 is 0 Å². The first kappa shape index (κ1) is 17.0. The van der Waals surface area contributed by atoms with Gasteiger partial charge in [-0.1, -0.05) is 20.8 Å². The van der Waals surface area contributed by atoms with Crippen LogP contribution < -0.4 is 5.32 Å². The number of thioether (sulfide) groups is 2. The largest absolute Gasteiger partial charge is 0.342 e. The van der Waals surface area contributed by atoms with Crippen LogP contribution in [-0.2, 0) is 9.59 Å². The van der Waals surface area contributed by atoms with Gasteiger partial charge in [0.2, 0.25) is 11.8 Å². The zero-order valence-electron chi connectivity index (χ0n) is 13.1. The topological polar surface area (TPSA) is 49.4 Å². The fourth-order valence-electron chi connectivity index (χ4n) is 2.94. The molecule has 0 aliphatic carbocycles. The molecule has 3 unspecified atom stereocenters. The lowest BCUT2D eigenvalue weighted by atomic mass is 9.97. The Balaban J connectivity index is 2.08. The molecule has 0 bridgehead atoms. The predicted molar refractivity (Wildman–Crippen MR) is 90.7 cm³/mol. The summed E-state index contributed by atoms with van der Waals surface area (Å²) < 4.78 is 0. The number of piperazine rings is 1. The van der Waals surface area contributed by atoms with Gasteiger partial charge in [-0.2, -0.15) is 23.5 Å². The number of carbonyl (C=O) groups excluding carboxylic acids is 2. The highest BCUT2D eigenvalue weighted by molar-refractivity contribution is 8.06. The highest BCUT2D eigenvalue weighted by atomic mass is 32.2. The first-order valence-corrected chi connectivity index (χ1v) is 10.0. The van der Waals surface area contributed by atoms with Crippen LogP contribution in [0.3, 0.4) is 0 Å². The van der Waals surface area contributed by atoms with Crippen LogP contribution in [0.4, 0.5) is 0 Å². The van der Waals surface area contributed by atoms with Gasteiger partial charge in [-0.15, -0.1) is 0 Å². The second kappa shape index (κ2) is 7.77. The summed E-state index contributed by atoms with van der Waals surface area (Å²) in [4.78, 5) is 26.9. The Kier molecular flexibility index (Phi) is 6.29. The van der Waals surface area contributed by atoms with Crippen molar-refractivity contribution in [3.05, 3.63) is 0 Å². The van der Waals surface area contributed by atoms with E-state index in [-0.39, 0.29) is 23.9 Å².